The number of hydrogen-bond acceptors (Lipinski definition) is 2. The van der Waals surface area contributed by atoms with E-state index in [9.17, 15) is 0 Å². The molecular weight excluding hydrogens is 361 g/mol. The summed E-state index contributed by atoms with van der Waals surface area (Å²) in [5.41, 5.74) is 8.51. The zero-order valence-corrected chi connectivity index (χ0v) is 14.8. The van der Waals surface area contributed by atoms with Crippen LogP contribution in [0.2, 0.25) is 0 Å². The van der Waals surface area contributed by atoms with Gasteiger partial charge in [-0.25, -0.2) is 4.98 Å². The molecule has 110 valence electrons. The molecule has 0 saturated carbocycles. The predicted octanol–water partition coefficient (Wildman–Crippen LogP) is 4.83. The third-order valence-corrected chi connectivity index (χ3v) is 4.45. The minimum atomic E-state index is 0.250. The van der Waals surface area contributed by atoms with Crippen LogP contribution in [0, 0.1) is 8.99 Å². The molecule has 4 heteroatoms. The van der Waals surface area contributed by atoms with Gasteiger partial charge in [0.2, 0.25) is 5.95 Å². The van der Waals surface area contributed by atoms with E-state index < -0.39 is 0 Å². The number of hydrogen-bond donors (Lipinski definition) is 1. The number of rotatable bonds is 6. The fraction of sp³-hybridized carbons (Fsp3) is 0.562. The second-order valence-corrected chi connectivity index (χ2v) is 7.56. The molecule has 0 aliphatic carbocycles. The van der Waals surface area contributed by atoms with Crippen LogP contribution in [0.4, 0.5) is 5.95 Å². The van der Waals surface area contributed by atoms with Crippen molar-refractivity contribution in [1.29, 1.82) is 0 Å². The second kappa shape index (κ2) is 6.33. The highest BCUT2D eigenvalue weighted by Crippen LogP contribution is 2.30. The molecule has 0 atom stereocenters. The van der Waals surface area contributed by atoms with Crippen molar-refractivity contribution >= 4 is 39.6 Å². The lowest BCUT2D eigenvalue weighted by molar-refractivity contribution is 0.276. The van der Waals surface area contributed by atoms with Crippen molar-refractivity contribution in [3.63, 3.8) is 0 Å². The Balaban J connectivity index is 2.22. The third-order valence-electron chi connectivity index (χ3n) is 3.78. The number of unbranched alkanes of at least 4 members (excludes halogenated alkanes) is 2. The molecule has 20 heavy (non-hydrogen) atoms. The van der Waals surface area contributed by atoms with Gasteiger partial charge >= 0.3 is 0 Å². The molecule has 0 spiro atoms. The molecule has 0 bridgehead atoms. The van der Waals surface area contributed by atoms with Gasteiger partial charge in [-0.3, -0.25) is 0 Å². The van der Waals surface area contributed by atoms with Gasteiger partial charge in [0.05, 0.1) is 11.0 Å². The van der Waals surface area contributed by atoms with E-state index in [1.807, 2.05) is 0 Å². The zero-order chi connectivity index (χ0) is 14.8. The number of nitrogen functional groups attached to an aromatic ring is 1. The summed E-state index contributed by atoms with van der Waals surface area (Å²) < 4.78 is 3.36. The number of imidazole rings is 1. The van der Waals surface area contributed by atoms with Gasteiger partial charge in [0.15, 0.2) is 0 Å². The molecule has 0 aliphatic heterocycles. The van der Waals surface area contributed by atoms with Crippen LogP contribution in [0.15, 0.2) is 18.2 Å². The van der Waals surface area contributed by atoms with Crippen molar-refractivity contribution in [3.05, 3.63) is 21.8 Å². The van der Waals surface area contributed by atoms with Gasteiger partial charge < -0.3 is 10.3 Å². The summed E-state index contributed by atoms with van der Waals surface area (Å²) in [7, 11) is 0. The van der Waals surface area contributed by atoms with Gasteiger partial charge in [0.1, 0.15) is 0 Å². The largest absolute Gasteiger partial charge is 0.369 e. The van der Waals surface area contributed by atoms with Gasteiger partial charge in [-0.2, -0.15) is 0 Å². The Labute approximate surface area is 135 Å². The SMILES string of the molecule is CCCCCC(C)(C)Cn1c(N)nc2cc(I)ccc21. The maximum Gasteiger partial charge on any atom is 0.201 e. The number of nitrogens with zero attached hydrogens (tertiary/aromatic N) is 2. The summed E-state index contributed by atoms with van der Waals surface area (Å²) in [5.74, 6) is 0.630. The minimum Gasteiger partial charge on any atom is -0.369 e. The van der Waals surface area contributed by atoms with E-state index in [4.69, 9.17) is 5.73 Å². The van der Waals surface area contributed by atoms with Crippen LogP contribution < -0.4 is 5.73 Å². The first-order valence-corrected chi connectivity index (χ1v) is 8.42. The molecular formula is C16H24IN3. The molecule has 2 aromatic rings. The predicted molar refractivity (Wildman–Crippen MR) is 94.8 cm³/mol. The Morgan fingerprint density at radius 1 is 1.30 bits per heavy atom. The van der Waals surface area contributed by atoms with Crippen LogP contribution in [-0.2, 0) is 6.54 Å². The number of anilines is 1. The van der Waals surface area contributed by atoms with Crippen LogP contribution in [0.1, 0.15) is 46.5 Å². The Morgan fingerprint density at radius 3 is 2.75 bits per heavy atom. The highest BCUT2D eigenvalue weighted by Gasteiger charge is 2.21. The molecule has 1 heterocycles. The fourth-order valence-electron chi connectivity index (χ4n) is 2.65. The quantitative estimate of drug-likeness (QED) is 0.572. The Bertz CT molecular complexity index is 587. The van der Waals surface area contributed by atoms with Crippen LogP contribution in [0.5, 0.6) is 0 Å². The topological polar surface area (TPSA) is 43.8 Å². The summed E-state index contributed by atoms with van der Waals surface area (Å²) in [4.78, 5) is 4.49. The number of aromatic nitrogens is 2. The van der Waals surface area contributed by atoms with E-state index in [-0.39, 0.29) is 5.41 Å². The first-order valence-electron chi connectivity index (χ1n) is 7.34. The third kappa shape index (κ3) is 3.65. The Morgan fingerprint density at radius 2 is 2.05 bits per heavy atom. The van der Waals surface area contributed by atoms with Crippen molar-refractivity contribution in [2.24, 2.45) is 5.41 Å². The maximum absolute atomic E-state index is 6.11. The minimum absolute atomic E-state index is 0.250. The summed E-state index contributed by atoms with van der Waals surface area (Å²) in [6.45, 7) is 7.82. The second-order valence-electron chi connectivity index (χ2n) is 6.31. The van der Waals surface area contributed by atoms with Crippen molar-refractivity contribution in [2.75, 3.05) is 5.73 Å². The van der Waals surface area contributed by atoms with Crippen molar-refractivity contribution in [1.82, 2.24) is 9.55 Å². The fourth-order valence-corrected chi connectivity index (χ4v) is 3.12. The monoisotopic (exact) mass is 385 g/mol. The van der Waals surface area contributed by atoms with Crippen LogP contribution >= 0.6 is 22.6 Å². The molecule has 1 aromatic heterocycles. The average molecular weight is 385 g/mol. The summed E-state index contributed by atoms with van der Waals surface area (Å²) in [6.07, 6.45) is 5.09. The molecule has 0 radical (unpaired) electrons. The first kappa shape index (κ1) is 15.6. The molecule has 3 nitrogen and oxygen atoms in total. The van der Waals surface area contributed by atoms with E-state index in [0.717, 1.165) is 17.6 Å². The molecule has 1 aromatic carbocycles. The van der Waals surface area contributed by atoms with E-state index in [0.29, 0.717) is 5.95 Å². The molecule has 0 unspecified atom stereocenters. The Kier molecular flexibility index (Phi) is 4.94. The lowest BCUT2D eigenvalue weighted by Gasteiger charge is -2.26. The number of benzene rings is 1. The number of nitrogens with two attached hydrogens (primary N) is 1. The molecule has 0 fully saturated rings. The molecule has 0 saturated heterocycles. The van der Waals surface area contributed by atoms with Crippen LogP contribution in [-0.4, -0.2) is 9.55 Å². The summed E-state index contributed by atoms with van der Waals surface area (Å²) in [6, 6.07) is 6.33. The Hall–Kier alpha value is -0.780. The molecule has 2 rings (SSSR count). The normalized spacial score (nSPS) is 12.2. The molecule has 0 amide bonds. The number of fused-ring (bicyclic) bond motifs is 1. The highest BCUT2D eigenvalue weighted by molar-refractivity contribution is 14.1. The summed E-state index contributed by atoms with van der Waals surface area (Å²) in [5, 5.41) is 0. The van der Waals surface area contributed by atoms with Crippen molar-refractivity contribution < 1.29 is 0 Å². The first-order chi connectivity index (χ1) is 9.43. The number of halogens is 1. The van der Waals surface area contributed by atoms with E-state index in [1.165, 1.54) is 29.3 Å². The molecule has 0 aliphatic rings. The molecule has 2 N–H and O–H groups in total. The average Bonchev–Trinajstić information content (AvgIpc) is 2.65. The van der Waals surface area contributed by atoms with Gasteiger partial charge in [-0.05, 0) is 52.6 Å². The van der Waals surface area contributed by atoms with Gasteiger partial charge in [0.25, 0.3) is 0 Å². The highest BCUT2D eigenvalue weighted by atomic mass is 127. The van der Waals surface area contributed by atoms with E-state index in [2.05, 4.69) is 71.1 Å². The van der Waals surface area contributed by atoms with E-state index >= 15 is 0 Å². The lowest BCUT2D eigenvalue weighted by Crippen LogP contribution is -2.20. The van der Waals surface area contributed by atoms with Crippen molar-refractivity contribution in [3.8, 4) is 0 Å². The smallest absolute Gasteiger partial charge is 0.201 e. The zero-order valence-electron chi connectivity index (χ0n) is 12.6. The standard InChI is InChI=1S/C16H24IN3/c1-4-5-6-9-16(2,3)11-20-14-8-7-12(17)10-13(14)19-15(20)18/h7-8,10H,4-6,9,11H2,1-3H3,(H2,18,19). The van der Waals surface area contributed by atoms with E-state index in [1.54, 1.807) is 0 Å². The summed E-state index contributed by atoms with van der Waals surface area (Å²) >= 11 is 2.31. The van der Waals surface area contributed by atoms with Gasteiger partial charge in [-0.15, -0.1) is 0 Å². The van der Waals surface area contributed by atoms with Gasteiger partial charge in [0, 0.05) is 10.1 Å². The lowest BCUT2D eigenvalue weighted by atomic mass is 9.86. The van der Waals surface area contributed by atoms with Gasteiger partial charge in [-0.1, -0.05) is 40.0 Å². The maximum atomic E-state index is 6.11. The van der Waals surface area contributed by atoms with Crippen LogP contribution in [0.3, 0.4) is 0 Å². The van der Waals surface area contributed by atoms with Crippen LogP contribution in [0.25, 0.3) is 11.0 Å². The van der Waals surface area contributed by atoms with Crippen molar-refractivity contribution in [2.45, 2.75) is 53.0 Å².